The molecule has 0 radical (unpaired) electrons. The second kappa shape index (κ2) is 42.2. The number of fused-ring (bicyclic) bond motifs is 5. The molecule has 0 saturated heterocycles. The van der Waals surface area contributed by atoms with Crippen molar-refractivity contribution in [1.29, 1.82) is 0 Å². The summed E-state index contributed by atoms with van der Waals surface area (Å²) in [5.74, 6) is 5.56. The quantitative estimate of drug-likeness (QED) is 0.0498. The van der Waals surface area contributed by atoms with Gasteiger partial charge < -0.3 is 70.0 Å². The van der Waals surface area contributed by atoms with E-state index >= 15 is 0 Å². The number of anilines is 5. The van der Waals surface area contributed by atoms with Crippen LogP contribution in [0.4, 0.5) is 42.9 Å². The maximum absolute atomic E-state index is 14.7. The fourth-order valence-electron chi connectivity index (χ4n) is 17.3. The highest BCUT2D eigenvalue weighted by Crippen LogP contribution is 2.43. The number of nitrogen functional groups attached to an aromatic ring is 4. The first kappa shape index (κ1) is 102. The Hall–Kier alpha value is -18.3. The fourth-order valence-corrected chi connectivity index (χ4v) is 17.3. The third-order valence-corrected chi connectivity index (χ3v) is 23.8. The molecule has 0 aliphatic heterocycles. The lowest BCUT2D eigenvalue weighted by Gasteiger charge is -2.25. The summed E-state index contributed by atoms with van der Waals surface area (Å²) in [6, 6.07) is 52.7. The number of halogens is 3. The van der Waals surface area contributed by atoms with Crippen LogP contribution in [0, 0.1) is 17.7 Å². The largest absolute Gasteiger partial charge is 0.494 e. The summed E-state index contributed by atoms with van der Waals surface area (Å²) in [6.45, 7) is 34.6. The van der Waals surface area contributed by atoms with E-state index in [0.717, 1.165) is 146 Å². The normalized spacial score (nSPS) is 11.7. The van der Waals surface area contributed by atoms with E-state index in [0.29, 0.717) is 76.8 Å². The third-order valence-electron chi connectivity index (χ3n) is 23.8. The summed E-state index contributed by atoms with van der Waals surface area (Å²) in [6.07, 6.45) is 23.4. The third kappa shape index (κ3) is 22.5. The van der Waals surface area contributed by atoms with E-state index in [1.54, 1.807) is 125 Å². The van der Waals surface area contributed by atoms with Gasteiger partial charge in [-0.05, 0) is 260 Å². The number of ether oxygens (including phenoxy) is 4. The smallest absolute Gasteiger partial charge is 0.224 e. The molecule has 21 rings (SSSR count). The number of pyridine rings is 6. The summed E-state index contributed by atoms with van der Waals surface area (Å²) >= 11 is 0. The number of imidazole rings is 5. The number of hydrogen-bond donors (Lipinski definition) is 5. The highest BCUT2D eigenvalue weighted by molar-refractivity contribution is 5.92. The number of nitrogens with zero attached hydrogens (tertiary/aromatic N) is 26. The van der Waals surface area contributed by atoms with Crippen molar-refractivity contribution in [3.63, 3.8) is 0 Å². The van der Waals surface area contributed by atoms with E-state index in [9.17, 15) is 13.2 Å². The second-order valence-electron chi connectivity index (χ2n) is 39.6. The van der Waals surface area contributed by atoms with Gasteiger partial charge >= 0.3 is 0 Å². The van der Waals surface area contributed by atoms with Crippen LogP contribution >= 0.6 is 0 Å². The minimum absolute atomic E-state index is 0.184. The number of nitrogens with one attached hydrogen (secondary N) is 1. The molecule has 0 aliphatic carbocycles. The monoisotopic (exact) mass is 2000 g/mol. The van der Waals surface area contributed by atoms with Crippen LogP contribution in [0.3, 0.4) is 0 Å². The first-order valence-electron chi connectivity index (χ1n) is 47.7. The maximum Gasteiger partial charge on any atom is 0.224 e. The molecule has 0 aliphatic rings. The summed E-state index contributed by atoms with van der Waals surface area (Å²) in [4.78, 5) is 90.8. The summed E-state index contributed by atoms with van der Waals surface area (Å²) in [5, 5.41) is 3.04. The Labute approximate surface area is 857 Å². The number of benzene rings is 5. The minimum Gasteiger partial charge on any atom is -0.494 e. The van der Waals surface area contributed by atoms with Crippen LogP contribution in [-0.4, -0.2) is 155 Å². The molecule has 756 valence electrons. The minimum atomic E-state index is -0.547. The lowest BCUT2D eigenvalue weighted by Crippen LogP contribution is -2.23. The van der Waals surface area contributed by atoms with E-state index in [-0.39, 0.29) is 51.5 Å². The van der Waals surface area contributed by atoms with Crippen LogP contribution in [0.2, 0.25) is 0 Å². The molecule has 35 nitrogen and oxygen atoms in total. The van der Waals surface area contributed by atoms with Gasteiger partial charge in [-0.3, -0.25) is 0 Å². The van der Waals surface area contributed by atoms with E-state index in [4.69, 9.17) is 66.8 Å². The maximum atomic E-state index is 14.7. The van der Waals surface area contributed by atoms with Crippen molar-refractivity contribution in [2.45, 2.75) is 145 Å². The molecule has 5 aromatic carbocycles. The number of nitrogens with two attached hydrogens (primary N) is 4. The lowest BCUT2D eigenvalue weighted by molar-refractivity contribution is 0.327. The van der Waals surface area contributed by atoms with Crippen molar-refractivity contribution in [3.05, 3.63) is 280 Å². The Balaban J connectivity index is 0.000000127. The zero-order valence-electron chi connectivity index (χ0n) is 85.9. The van der Waals surface area contributed by atoms with Crippen molar-refractivity contribution >= 4 is 84.9 Å². The van der Waals surface area contributed by atoms with E-state index in [2.05, 4.69) is 231 Å². The van der Waals surface area contributed by atoms with Gasteiger partial charge in [0.15, 0.2) is 17.5 Å². The van der Waals surface area contributed by atoms with Gasteiger partial charge in [-0.2, -0.15) is 8.78 Å². The molecule has 9 N–H and O–H groups in total. The van der Waals surface area contributed by atoms with Crippen molar-refractivity contribution in [3.8, 4) is 136 Å². The van der Waals surface area contributed by atoms with Gasteiger partial charge in [0, 0.05) is 142 Å². The van der Waals surface area contributed by atoms with Crippen LogP contribution < -0.4 is 47.2 Å². The molecule has 16 aromatic heterocycles. The number of hydrogen-bond acceptors (Lipinski definition) is 30. The lowest BCUT2D eigenvalue weighted by atomic mass is 10.1. The SMILES string of the molecule is CC(C)(C)n1c(-c2cccc(F)n2)nc2cc(-c3cnc(NCc4cccc(F)n4)nc3)ccc21.CCOc1ncccc1-c1nc2cc(-c3cnc(N)nc3)ccc2n1C(C)(C)C.COc1cc(-c2nc3cc(-c4cnc(N)nc4)ccc3n2C(C)(C)C)c(F)cn1.COc1cccnc1-c1nc2cc(-c3cnc(N)nc3)ccc2n1C(C)(C)C.COc1ncccc1-c1nc2cc(-c3cnc(N)nc3)ccc2n1C(C)(C)C. The van der Waals surface area contributed by atoms with Crippen LogP contribution in [0.15, 0.2) is 257 Å². The molecule has 0 amide bonds. The van der Waals surface area contributed by atoms with Gasteiger partial charge in [-0.1, -0.05) is 42.5 Å². The average molecular weight is 2000 g/mol. The standard InChI is InChI=1S/C26H23F2N7.C22H24N6O.C21H21FN6O.2C21H22N6O/c1-26(2,3)35-21-11-10-16(12-20(21)34-24(35)19-7-5-9-23(28)33-19)17-13-29-25(30-14-17)31-15-18-6-4-8-22(27)32-18;1-5-29-20-16(7-6-10-24-20)19-27-17-11-14(15-12-25-21(23)26-13-15)8-9-18(17)28(19)22(2,3)4;1-21(2,3)28-17-6-5-12(13-9-25-20(23)26-10-13)7-16(17)27-19(28)14-8-18(29-4)24-11-15(14)22;1-21(2,3)27-16-8-7-13(14-11-24-20(22)25-12-14)10-15(16)26-19(27)18-17(28-4)6-5-9-23-18;1-21(2,3)27-17-8-7-13(14-11-24-20(22)25-12-14)10-16(17)26-18(27)15-6-5-9-23-19(15)28-4/h4-14H,15H2,1-3H3,(H,29,30,31);6-13H,5H2,1-4H3,(H2,23,25,26);5-11H,1-4H3,(H2,23,25,26);2*5-12H,1-4H3,(H2,22,24,25). The fraction of sp³-hybridized carbons (Fsp3) is 0.234. The number of aromatic nitrogens is 26. The Kier molecular flexibility index (Phi) is 28.9. The molecule has 0 saturated carbocycles. The van der Waals surface area contributed by atoms with Gasteiger partial charge in [-0.15, -0.1) is 0 Å². The Morgan fingerprint density at radius 3 is 1.02 bits per heavy atom. The molecule has 0 unspecified atom stereocenters. The molecule has 0 bridgehead atoms. The Morgan fingerprint density at radius 2 is 0.644 bits per heavy atom. The van der Waals surface area contributed by atoms with E-state index in [1.165, 1.54) is 19.2 Å². The van der Waals surface area contributed by atoms with Gasteiger partial charge in [0.25, 0.3) is 0 Å². The number of methoxy groups -OCH3 is 3. The van der Waals surface area contributed by atoms with Crippen LogP contribution in [0.25, 0.3) is 168 Å². The molecular weight excluding hydrogens is 1890 g/mol. The zero-order chi connectivity index (χ0) is 106. The predicted molar refractivity (Wildman–Crippen MR) is 575 cm³/mol. The van der Waals surface area contributed by atoms with E-state index in [1.807, 2.05) is 115 Å². The molecule has 0 spiro atoms. The summed E-state index contributed by atoms with van der Waals surface area (Å²) in [7, 11) is 4.76. The molecule has 149 heavy (non-hydrogen) atoms. The highest BCUT2D eigenvalue weighted by Gasteiger charge is 2.32. The van der Waals surface area contributed by atoms with Crippen LogP contribution in [-0.2, 0) is 34.2 Å². The highest BCUT2D eigenvalue weighted by atomic mass is 19.1. The molecule has 38 heteroatoms. The zero-order valence-corrected chi connectivity index (χ0v) is 85.9. The molecule has 0 atom stereocenters. The molecular formula is C111H112F3N31O4. The Bertz CT molecular complexity index is 8230. The van der Waals surface area contributed by atoms with Crippen LogP contribution in [0.5, 0.6) is 23.4 Å². The molecule has 16 heterocycles. The first-order chi connectivity index (χ1) is 71.2. The topological polar surface area (TPSA) is 448 Å². The van der Waals surface area contributed by atoms with Crippen molar-refractivity contribution < 1.29 is 32.1 Å². The van der Waals surface area contributed by atoms with E-state index < -0.39 is 17.7 Å². The molecule has 0 fully saturated rings. The van der Waals surface area contributed by atoms with Crippen molar-refractivity contribution in [2.24, 2.45) is 0 Å². The van der Waals surface area contributed by atoms with Crippen molar-refractivity contribution in [1.82, 2.24) is 127 Å². The summed E-state index contributed by atoms with van der Waals surface area (Å²) < 4.78 is 74.4. The van der Waals surface area contributed by atoms with Gasteiger partial charge in [0.2, 0.25) is 59.3 Å². The predicted octanol–water partition coefficient (Wildman–Crippen LogP) is 21.7. The van der Waals surface area contributed by atoms with Gasteiger partial charge in [0.1, 0.15) is 34.6 Å². The first-order valence-corrected chi connectivity index (χ1v) is 47.7. The Morgan fingerprint density at radius 1 is 0.302 bits per heavy atom. The van der Waals surface area contributed by atoms with Crippen molar-refractivity contribution in [2.75, 3.05) is 56.2 Å². The average Bonchev–Trinajstić information content (AvgIpc) is 1.65. The molecule has 21 aromatic rings. The second-order valence-corrected chi connectivity index (χ2v) is 39.6. The van der Waals surface area contributed by atoms with Crippen LogP contribution in [0.1, 0.15) is 116 Å². The van der Waals surface area contributed by atoms with Gasteiger partial charge in [0.05, 0.1) is 118 Å². The number of rotatable bonds is 18. The summed E-state index contributed by atoms with van der Waals surface area (Å²) in [5.41, 5.74) is 43.1. The van der Waals surface area contributed by atoms with Gasteiger partial charge in [-0.25, -0.2) is 109 Å².